The lowest BCUT2D eigenvalue weighted by atomic mass is 9.90. The van der Waals surface area contributed by atoms with Crippen LogP contribution in [-0.2, 0) is 16.1 Å². The summed E-state index contributed by atoms with van der Waals surface area (Å²) in [5.74, 6) is 2.53. The molecule has 0 bridgehead atoms. The maximum atomic E-state index is 5.91. The standard InChI is InChI=1S/C15H25NO3/c1-3-8-16-15(12-6-9-18-10-7-12)14-5-4-13(19-14)11-17-2/h4-5,12,15-16H,3,6-11H2,1-2H3. The van der Waals surface area contributed by atoms with Crippen LogP contribution in [0.3, 0.4) is 0 Å². The van der Waals surface area contributed by atoms with Gasteiger partial charge in [-0.05, 0) is 43.9 Å². The van der Waals surface area contributed by atoms with Crippen LogP contribution >= 0.6 is 0 Å². The zero-order valence-corrected chi connectivity index (χ0v) is 12.0. The molecule has 1 aromatic rings. The second kappa shape index (κ2) is 7.68. The van der Waals surface area contributed by atoms with Gasteiger partial charge in [0.15, 0.2) is 0 Å². The number of hydrogen-bond acceptors (Lipinski definition) is 4. The molecule has 2 rings (SSSR count). The number of nitrogens with one attached hydrogen (secondary N) is 1. The molecule has 1 unspecified atom stereocenters. The lowest BCUT2D eigenvalue weighted by Gasteiger charge is -2.29. The second-order valence-corrected chi connectivity index (χ2v) is 5.12. The largest absolute Gasteiger partial charge is 0.462 e. The van der Waals surface area contributed by atoms with Gasteiger partial charge in [0.25, 0.3) is 0 Å². The van der Waals surface area contributed by atoms with E-state index in [1.54, 1.807) is 7.11 Å². The monoisotopic (exact) mass is 267 g/mol. The number of rotatable bonds is 7. The Balaban J connectivity index is 2.05. The van der Waals surface area contributed by atoms with E-state index >= 15 is 0 Å². The first-order valence-corrected chi connectivity index (χ1v) is 7.23. The van der Waals surface area contributed by atoms with E-state index in [1.807, 2.05) is 6.07 Å². The van der Waals surface area contributed by atoms with Crippen LogP contribution < -0.4 is 5.32 Å². The van der Waals surface area contributed by atoms with E-state index in [9.17, 15) is 0 Å². The van der Waals surface area contributed by atoms with Crippen molar-refractivity contribution in [3.8, 4) is 0 Å². The van der Waals surface area contributed by atoms with E-state index in [0.29, 0.717) is 18.6 Å². The zero-order valence-electron chi connectivity index (χ0n) is 12.0. The molecule has 0 spiro atoms. The Morgan fingerprint density at radius 2 is 2.16 bits per heavy atom. The summed E-state index contributed by atoms with van der Waals surface area (Å²) in [7, 11) is 1.69. The molecule has 108 valence electrons. The van der Waals surface area contributed by atoms with Crippen LogP contribution in [0.5, 0.6) is 0 Å². The third-order valence-electron chi connectivity index (χ3n) is 3.63. The van der Waals surface area contributed by atoms with E-state index in [2.05, 4.69) is 18.3 Å². The highest BCUT2D eigenvalue weighted by Gasteiger charge is 2.27. The normalized spacial score (nSPS) is 18.6. The van der Waals surface area contributed by atoms with Gasteiger partial charge in [-0.15, -0.1) is 0 Å². The Bertz CT molecular complexity index is 358. The molecular weight excluding hydrogens is 242 g/mol. The minimum absolute atomic E-state index is 0.300. The van der Waals surface area contributed by atoms with Gasteiger partial charge in [0, 0.05) is 20.3 Å². The minimum atomic E-state index is 0.300. The molecule has 1 aliphatic rings. The van der Waals surface area contributed by atoms with Crippen molar-refractivity contribution in [2.24, 2.45) is 5.92 Å². The second-order valence-electron chi connectivity index (χ2n) is 5.12. The first-order chi connectivity index (χ1) is 9.35. The molecule has 1 N–H and O–H groups in total. The van der Waals surface area contributed by atoms with Crippen LogP contribution in [0.1, 0.15) is 43.7 Å². The Kier molecular flexibility index (Phi) is 5.89. The van der Waals surface area contributed by atoms with E-state index in [4.69, 9.17) is 13.9 Å². The summed E-state index contributed by atoms with van der Waals surface area (Å²) in [5.41, 5.74) is 0. The Labute approximate surface area is 115 Å². The van der Waals surface area contributed by atoms with E-state index in [0.717, 1.165) is 50.5 Å². The number of ether oxygens (including phenoxy) is 2. The van der Waals surface area contributed by atoms with Crippen molar-refractivity contribution in [1.29, 1.82) is 0 Å². The average molecular weight is 267 g/mol. The minimum Gasteiger partial charge on any atom is -0.462 e. The van der Waals surface area contributed by atoms with Gasteiger partial charge in [0.2, 0.25) is 0 Å². The lowest BCUT2D eigenvalue weighted by Crippen LogP contribution is -2.32. The van der Waals surface area contributed by atoms with Crippen molar-refractivity contribution in [1.82, 2.24) is 5.32 Å². The van der Waals surface area contributed by atoms with Gasteiger partial charge >= 0.3 is 0 Å². The van der Waals surface area contributed by atoms with Crippen LogP contribution in [0, 0.1) is 5.92 Å². The molecule has 0 radical (unpaired) electrons. The van der Waals surface area contributed by atoms with Crippen molar-refractivity contribution in [2.45, 2.75) is 38.8 Å². The summed E-state index contributed by atoms with van der Waals surface area (Å²) in [6, 6.07) is 4.39. The molecule has 0 saturated carbocycles. The van der Waals surface area contributed by atoms with Gasteiger partial charge in [0.1, 0.15) is 18.1 Å². The summed E-state index contributed by atoms with van der Waals surface area (Å²) in [6.45, 7) is 5.46. The third-order valence-corrected chi connectivity index (χ3v) is 3.63. The van der Waals surface area contributed by atoms with Crippen molar-refractivity contribution in [3.63, 3.8) is 0 Å². The third kappa shape index (κ3) is 4.06. The van der Waals surface area contributed by atoms with Crippen LogP contribution in [0.2, 0.25) is 0 Å². The fraction of sp³-hybridized carbons (Fsp3) is 0.733. The fourth-order valence-electron chi connectivity index (χ4n) is 2.63. The van der Waals surface area contributed by atoms with E-state index in [-0.39, 0.29) is 0 Å². The topological polar surface area (TPSA) is 43.6 Å². The number of furan rings is 1. The number of methoxy groups -OCH3 is 1. The molecule has 1 fully saturated rings. The summed E-state index contributed by atoms with van der Waals surface area (Å²) in [4.78, 5) is 0. The molecule has 0 aliphatic carbocycles. The molecule has 4 heteroatoms. The molecule has 0 aromatic carbocycles. The average Bonchev–Trinajstić information content (AvgIpc) is 2.89. The molecule has 19 heavy (non-hydrogen) atoms. The van der Waals surface area contributed by atoms with Crippen LogP contribution in [-0.4, -0.2) is 26.9 Å². The van der Waals surface area contributed by atoms with Gasteiger partial charge in [0.05, 0.1) is 6.04 Å². The summed E-state index contributed by atoms with van der Waals surface area (Å²) >= 11 is 0. The van der Waals surface area contributed by atoms with Gasteiger partial charge in [-0.3, -0.25) is 0 Å². The van der Waals surface area contributed by atoms with Crippen molar-refractivity contribution in [2.75, 3.05) is 26.9 Å². The molecule has 4 nitrogen and oxygen atoms in total. The highest BCUT2D eigenvalue weighted by Crippen LogP contribution is 2.31. The van der Waals surface area contributed by atoms with Crippen LogP contribution in [0.25, 0.3) is 0 Å². The molecular formula is C15H25NO3. The molecule has 1 aliphatic heterocycles. The molecule has 2 heterocycles. The molecule has 0 amide bonds. The molecule has 1 aromatic heterocycles. The first-order valence-electron chi connectivity index (χ1n) is 7.23. The lowest BCUT2D eigenvalue weighted by molar-refractivity contribution is 0.0500. The molecule has 1 atom stereocenters. The Hall–Kier alpha value is -0.840. The van der Waals surface area contributed by atoms with Crippen LogP contribution in [0.4, 0.5) is 0 Å². The van der Waals surface area contributed by atoms with E-state index in [1.165, 1.54) is 0 Å². The highest BCUT2D eigenvalue weighted by molar-refractivity contribution is 5.11. The maximum Gasteiger partial charge on any atom is 0.129 e. The van der Waals surface area contributed by atoms with E-state index < -0.39 is 0 Å². The fourth-order valence-corrected chi connectivity index (χ4v) is 2.63. The smallest absolute Gasteiger partial charge is 0.129 e. The quantitative estimate of drug-likeness (QED) is 0.825. The Morgan fingerprint density at radius 3 is 2.84 bits per heavy atom. The van der Waals surface area contributed by atoms with Gasteiger partial charge in [-0.1, -0.05) is 6.92 Å². The van der Waals surface area contributed by atoms with Crippen molar-refractivity contribution in [3.05, 3.63) is 23.7 Å². The number of hydrogen-bond donors (Lipinski definition) is 1. The predicted molar refractivity (Wildman–Crippen MR) is 74.0 cm³/mol. The first kappa shape index (κ1) is 14.6. The summed E-state index contributed by atoms with van der Waals surface area (Å²) in [6.07, 6.45) is 3.33. The van der Waals surface area contributed by atoms with Crippen molar-refractivity contribution >= 4 is 0 Å². The SMILES string of the molecule is CCCNC(c1ccc(COC)o1)C1CCOCC1. The van der Waals surface area contributed by atoms with Gasteiger partial charge in [-0.2, -0.15) is 0 Å². The highest BCUT2D eigenvalue weighted by atomic mass is 16.5. The zero-order chi connectivity index (χ0) is 13.5. The summed E-state index contributed by atoms with van der Waals surface area (Å²) in [5, 5.41) is 3.62. The predicted octanol–water partition coefficient (Wildman–Crippen LogP) is 2.89. The summed E-state index contributed by atoms with van der Waals surface area (Å²) < 4.78 is 16.5. The van der Waals surface area contributed by atoms with Crippen molar-refractivity contribution < 1.29 is 13.9 Å². The molecule has 1 saturated heterocycles. The van der Waals surface area contributed by atoms with Gasteiger partial charge in [-0.25, -0.2) is 0 Å². The van der Waals surface area contributed by atoms with Gasteiger partial charge < -0.3 is 19.2 Å². The maximum absolute atomic E-state index is 5.91. The van der Waals surface area contributed by atoms with Crippen LogP contribution in [0.15, 0.2) is 16.5 Å². The Morgan fingerprint density at radius 1 is 1.37 bits per heavy atom.